The van der Waals surface area contributed by atoms with Crippen molar-refractivity contribution < 1.29 is 18.5 Å². The highest BCUT2D eigenvalue weighted by Crippen LogP contribution is 2.36. The molecule has 0 aliphatic heterocycles. The van der Waals surface area contributed by atoms with Crippen LogP contribution in [0.15, 0.2) is 0 Å². The SMILES string of the molecule is CCCCCCCCCOP(=O)([O-])OC. The van der Waals surface area contributed by atoms with Crippen LogP contribution in [0, 0.1) is 0 Å². The normalized spacial score (nSPS) is 15.1. The first-order chi connectivity index (χ1) is 7.12. The van der Waals surface area contributed by atoms with Crippen LogP contribution < -0.4 is 4.89 Å². The van der Waals surface area contributed by atoms with Gasteiger partial charge in [-0.2, -0.15) is 0 Å². The second-order valence-electron chi connectivity index (χ2n) is 3.58. The molecule has 0 heterocycles. The summed E-state index contributed by atoms with van der Waals surface area (Å²) in [7, 11) is -2.88. The fourth-order valence-corrected chi connectivity index (χ4v) is 1.75. The number of unbranched alkanes of at least 4 members (excludes halogenated alkanes) is 6. The summed E-state index contributed by atoms with van der Waals surface area (Å²) in [5, 5.41) is 0. The van der Waals surface area contributed by atoms with Gasteiger partial charge in [0.1, 0.15) is 0 Å². The van der Waals surface area contributed by atoms with E-state index in [-0.39, 0.29) is 6.61 Å². The van der Waals surface area contributed by atoms with E-state index >= 15 is 0 Å². The molecule has 0 spiro atoms. The first-order valence-corrected chi connectivity index (χ1v) is 7.09. The molecule has 0 N–H and O–H groups in total. The van der Waals surface area contributed by atoms with Crippen LogP contribution in [0.5, 0.6) is 0 Å². The molecule has 0 aromatic heterocycles. The Bertz CT molecular complexity index is 184. The first-order valence-electron chi connectivity index (χ1n) is 5.63. The lowest BCUT2D eigenvalue weighted by molar-refractivity contribution is -0.223. The fourth-order valence-electron chi connectivity index (χ4n) is 1.29. The van der Waals surface area contributed by atoms with Crippen molar-refractivity contribution in [2.45, 2.75) is 51.9 Å². The standard InChI is InChI=1S/C10H23O4P/c1-3-4-5-6-7-8-9-10-14-15(11,12)13-2/h3-10H2,1-2H3,(H,11,12)/p-1. The minimum Gasteiger partial charge on any atom is -0.756 e. The molecule has 4 nitrogen and oxygen atoms in total. The molecular weight excluding hydrogens is 215 g/mol. The minimum atomic E-state index is -3.99. The van der Waals surface area contributed by atoms with Crippen LogP contribution in [-0.2, 0) is 13.6 Å². The highest BCUT2D eigenvalue weighted by molar-refractivity contribution is 7.45. The van der Waals surface area contributed by atoms with Crippen molar-refractivity contribution in [2.75, 3.05) is 13.7 Å². The number of hydrogen-bond donors (Lipinski definition) is 0. The van der Waals surface area contributed by atoms with E-state index in [1.54, 1.807) is 0 Å². The third kappa shape index (κ3) is 10.4. The van der Waals surface area contributed by atoms with Crippen molar-refractivity contribution in [3.63, 3.8) is 0 Å². The molecule has 0 saturated carbocycles. The highest BCUT2D eigenvalue weighted by atomic mass is 31.2. The van der Waals surface area contributed by atoms with Gasteiger partial charge in [-0.3, -0.25) is 4.57 Å². The van der Waals surface area contributed by atoms with Crippen LogP contribution in [0.3, 0.4) is 0 Å². The van der Waals surface area contributed by atoms with Crippen LogP contribution in [0.2, 0.25) is 0 Å². The highest BCUT2D eigenvalue weighted by Gasteiger charge is 2.04. The average molecular weight is 237 g/mol. The lowest BCUT2D eigenvalue weighted by atomic mass is 10.1. The van der Waals surface area contributed by atoms with E-state index in [4.69, 9.17) is 0 Å². The second kappa shape index (κ2) is 9.34. The average Bonchev–Trinajstić information content (AvgIpc) is 2.22. The Morgan fingerprint density at radius 2 is 1.60 bits per heavy atom. The molecule has 0 saturated heterocycles. The Morgan fingerprint density at radius 1 is 1.07 bits per heavy atom. The van der Waals surface area contributed by atoms with Crippen molar-refractivity contribution in [1.29, 1.82) is 0 Å². The Balaban J connectivity index is 3.15. The molecule has 0 rings (SSSR count). The third-order valence-corrected chi connectivity index (χ3v) is 3.17. The third-order valence-electron chi connectivity index (χ3n) is 2.22. The van der Waals surface area contributed by atoms with Gasteiger partial charge < -0.3 is 13.9 Å². The predicted molar refractivity (Wildman–Crippen MR) is 58.6 cm³/mol. The Kier molecular flexibility index (Phi) is 9.41. The van der Waals surface area contributed by atoms with Crippen molar-refractivity contribution in [3.8, 4) is 0 Å². The Labute approximate surface area is 92.6 Å². The van der Waals surface area contributed by atoms with Crippen LogP contribution >= 0.6 is 7.82 Å². The maximum Gasteiger partial charge on any atom is 0.267 e. The topological polar surface area (TPSA) is 58.6 Å². The van der Waals surface area contributed by atoms with E-state index in [0.29, 0.717) is 0 Å². The molecule has 5 heteroatoms. The summed E-state index contributed by atoms with van der Waals surface area (Å²) in [5.74, 6) is 0. The largest absolute Gasteiger partial charge is 0.756 e. The lowest BCUT2D eigenvalue weighted by Gasteiger charge is -2.19. The van der Waals surface area contributed by atoms with Crippen molar-refractivity contribution in [1.82, 2.24) is 0 Å². The summed E-state index contributed by atoms with van der Waals surface area (Å²) in [6, 6.07) is 0. The number of phosphoric acid groups is 1. The smallest absolute Gasteiger partial charge is 0.267 e. The fraction of sp³-hybridized carbons (Fsp3) is 1.00. The summed E-state index contributed by atoms with van der Waals surface area (Å²) in [6.07, 6.45) is 7.99. The molecule has 0 fully saturated rings. The molecule has 0 aliphatic rings. The molecule has 92 valence electrons. The molecule has 0 radical (unpaired) electrons. The van der Waals surface area contributed by atoms with E-state index in [1.807, 2.05) is 0 Å². The van der Waals surface area contributed by atoms with Gasteiger partial charge in [0.2, 0.25) is 0 Å². The maximum atomic E-state index is 10.8. The van der Waals surface area contributed by atoms with Gasteiger partial charge in [0.05, 0.1) is 6.61 Å². The van der Waals surface area contributed by atoms with Crippen LogP contribution in [-0.4, -0.2) is 13.7 Å². The van der Waals surface area contributed by atoms with Gasteiger partial charge in [-0.1, -0.05) is 45.4 Å². The van der Waals surface area contributed by atoms with E-state index in [1.165, 1.54) is 25.7 Å². The van der Waals surface area contributed by atoms with Crippen molar-refractivity contribution in [2.24, 2.45) is 0 Å². The van der Waals surface area contributed by atoms with Gasteiger partial charge >= 0.3 is 0 Å². The molecule has 0 aliphatic carbocycles. The molecule has 0 bridgehead atoms. The van der Waals surface area contributed by atoms with E-state index in [2.05, 4.69) is 16.0 Å². The molecule has 1 unspecified atom stereocenters. The Hall–Kier alpha value is 0.110. The maximum absolute atomic E-state index is 10.8. The molecule has 0 aromatic carbocycles. The Morgan fingerprint density at radius 3 is 2.13 bits per heavy atom. The molecule has 1 atom stereocenters. The van der Waals surface area contributed by atoms with Gasteiger partial charge in [0, 0.05) is 7.11 Å². The first kappa shape index (κ1) is 15.1. The van der Waals surface area contributed by atoms with Crippen LogP contribution in [0.1, 0.15) is 51.9 Å². The van der Waals surface area contributed by atoms with Crippen molar-refractivity contribution >= 4 is 7.82 Å². The summed E-state index contributed by atoms with van der Waals surface area (Å²) >= 11 is 0. The van der Waals surface area contributed by atoms with E-state index in [0.717, 1.165) is 26.4 Å². The number of phosphoric ester groups is 1. The monoisotopic (exact) mass is 237 g/mol. The zero-order chi connectivity index (χ0) is 11.6. The second-order valence-corrected chi connectivity index (χ2v) is 5.10. The number of rotatable bonds is 10. The molecule has 0 amide bonds. The lowest BCUT2D eigenvalue weighted by Crippen LogP contribution is -2.06. The number of hydrogen-bond acceptors (Lipinski definition) is 4. The molecule has 15 heavy (non-hydrogen) atoms. The zero-order valence-electron chi connectivity index (χ0n) is 9.74. The predicted octanol–water partition coefficient (Wildman–Crippen LogP) is 2.87. The summed E-state index contributed by atoms with van der Waals surface area (Å²) in [5.41, 5.74) is 0. The van der Waals surface area contributed by atoms with E-state index < -0.39 is 7.82 Å². The van der Waals surface area contributed by atoms with Gasteiger partial charge in [0.25, 0.3) is 7.82 Å². The quantitative estimate of drug-likeness (QED) is 0.433. The van der Waals surface area contributed by atoms with Gasteiger partial charge in [-0.15, -0.1) is 0 Å². The van der Waals surface area contributed by atoms with Gasteiger partial charge in [-0.05, 0) is 6.42 Å². The summed E-state index contributed by atoms with van der Waals surface area (Å²) < 4.78 is 19.5. The van der Waals surface area contributed by atoms with Crippen molar-refractivity contribution in [3.05, 3.63) is 0 Å². The van der Waals surface area contributed by atoms with E-state index in [9.17, 15) is 9.46 Å². The zero-order valence-corrected chi connectivity index (χ0v) is 10.6. The molecular formula is C10H22O4P-. The van der Waals surface area contributed by atoms with Crippen LogP contribution in [0.4, 0.5) is 0 Å². The van der Waals surface area contributed by atoms with Crippen LogP contribution in [0.25, 0.3) is 0 Å². The summed E-state index contributed by atoms with van der Waals surface area (Å²) in [4.78, 5) is 10.8. The summed E-state index contributed by atoms with van der Waals surface area (Å²) in [6.45, 7) is 2.42. The minimum absolute atomic E-state index is 0.238. The van der Waals surface area contributed by atoms with Gasteiger partial charge in [-0.25, -0.2) is 0 Å². The molecule has 0 aromatic rings. The van der Waals surface area contributed by atoms with Gasteiger partial charge in [0.15, 0.2) is 0 Å².